The molecular formula is C10H12N6O. The molecule has 88 valence electrons. The summed E-state index contributed by atoms with van der Waals surface area (Å²) in [6.07, 6.45) is 1.76. The van der Waals surface area contributed by atoms with E-state index in [4.69, 9.17) is 0 Å². The molecule has 0 saturated carbocycles. The summed E-state index contributed by atoms with van der Waals surface area (Å²) in [6, 6.07) is 3.70. The lowest BCUT2D eigenvalue weighted by Crippen LogP contribution is -2.18. The van der Waals surface area contributed by atoms with Gasteiger partial charge in [-0.3, -0.25) is 4.79 Å². The molecule has 2 aromatic heterocycles. The Morgan fingerprint density at radius 2 is 2.35 bits per heavy atom. The van der Waals surface area contributed by atoms with Crippen LogP contribution in [0.2, 0.25) is 0 Å². The van der Waals surface area contributed by atoms with Crippen LogP contribution in [0.5, 0.6) is 0 Å². The highest BCUT2D eigenvalue weighted by molar-refractivity contribution is 5.91. The van der Waals surface area contributed by atoms with Crippen LogP contribution in [0.15, 0.2) is 18.3 Å². The Labute approximate surface area is 97.9 Å². The minimum Gasteiger partial charge on any atom is -0.310 e. The Hall–Kier alpha value is -2.31. The van der Waals surface area contributed by atoms with Gasteiger partial charge in [-0.1, -0.05) is 6.07 Å². The molecule has 0 saturated heterocycles. The summed E-state index contributed by atoms with van der Waals surface area (Å²) < 4.78 is 1.46. The molecule has 7 heteroatoms. The van der Waals surface area contributed by atoms with Crippen LogP contribution in [0.1, 0.15) is 11.4 Å². The average molecular weight is 232 g/mol. The molecule has 0 radical (unpaired) electrons. The van der Waals surface area contributed by atoms with Gasteiger partial charge in [-0.05, 0) is 29.0 Å². The minimum atomic E-state index is -0.190. The summed E-state index contributed by atoms with van der Waals surface area (Å²) in [4.78, 5) is 15.8. The lowest BCUT2D eigenvalue weighted by atomic mass is 10.3. The van der Waals surface area contributed by atoms with Crippen molar-refractivity contribution in [1.82, 2.24) is 25.2 Å². The number of carbonyl (C=O) groups excluding carboxylic acids is 1. The van der Waals surface area contributed by atoms with E-state index in [2.05, 4.69) is 25.8 Å². The summed E-state index contributed by atoms with van der Waals surface area (Å²) in [5.74, 6) is 0.883. The molecule has 0 atom stereocenters. The van der Waals surface area contributed by atoms with E-state index in [0.29, 0.717) is 11.6 Å². The molecule has 2 aromatic rings. The summed E-state index contributed by atoms with van der Waals surface area (Å²) in [7, 11) is 1.69. The van der Waals surface area contributed by atoms with Gasteiger partial charge in [0.1, 0.15) is 5.82 Å². The second-order valence-electron chi connectivity index (χ2n) is 3.61. The number of anilines is 1. The summed E-state index contributed by atoms with van der Waals surface area (Å²) >= 11 is 0. The van der Waals surface area contributed by atoms with Gasteiger partial charge in [0.25, 0.3) is 0 Å². The number of hydrogen-bond donors (Lipinski definition) is 1. The highest BCUT2D eigenvalue weighted by Gasteiger charge is 2.10. The number of tetrazole rings is 1. The summed E-state index contributed by atoms with van der Waals surface area (Å²) in [5, 5.41) is 13.6. The van der Waals surface area contributed by atoms with Crippen molar-refractivity contribution in [3.63, 3.8) is 0 Å². The van der Waals surface area contributed by atoms with Crippen LogP contribution in [0.3, 0.4) is 0 Å². The van der Waals surface area contributed by atoms with Crippen molar-refractivity contribution in [1.29, 1.82) is 0 Å². The zero-order valence-electron chi connectivity index (χ0n) is 9.58. The van der Waals surface area contributed by atoms with E-state index in [1.165, 1.54) is 4.68 Å². The highest BCUT2D eigenvalue weighted by Crippen LogP contribution is 2.09. The Morgan fingerprint density at radius 3 is 3.00 bits per heavy atom. The molecule has 17 heavy (non-hydrogen) atoms. The van der Waals surface area contributed by atoms with E-state index >= 15 is 0 Å². The summed E-state index contributed by atoms with van der Waals surface area (Å²) in [5.41, 5.74) is 0.914. The van der Waals surface area contributed by atoms with Crippen molar-refractivity contribution >= 4 is 11.7 Å². The molecule has 1 amide bonds. The fourth-order valence-electron chi connectivity index (χ4n) is 1.33. The lowest BCUT2D eigenvalue weighted by Gasteiger charge is -2.05. The Kier molecular flexibility index (Phi) is 3.08. The molecule has 7 nitrogen and oxygen atoms in total. The van der Waals surface area contributed by atoms with Crippen LogP contribution < -0.4 is 5.32 Å². The van der Waals surface area contributed by atoms with Crippen LogP contribution in [0.4, 0.5) is 5.82 Å². The van der Waals surface area contributed by atoms with Gasteiger partial charge in [-0.2, -0.15) is 0 Å². The largest absolute Gasteiger partial charge is 0.310 e. The first kappa shape index (κ1) is 11.2. The van der Waals surface area contributed by atoms with Crippen molar-refractivity contribution in [2.75, 3.05) is 5.32 Å². The van der Waals surface area contributed by atoms with Crippen LogP contribution in [-0.4, -0.2) is 31.1 Å². The number of aryl methyl sites for hydroxylation is 2. The maximum Gasteiger partial charge on any atom is 0.233 e. The molecule has 0 aromatic carbocycles. The molecule has 0 bridgehead atoms. The molecule has 2 rings (SSSR count). The third-order valence-corrected chi connectivity index (χ3v) is 2.29. The number of amides is 1. The quantitative estimate of drug-likeness (QED) is 0.810. The molecule has 0 aliphatic heterocycles. The van der Waals surface area contributed by atoms with Crippen molar-refractivity contribution in [2.45, 2.75) is 13.3 Å². The average Bonchev–Trinajstić information content (AvgIpc) is 2.68. The van der Waals surface area contributed by atoms with Crippen LogP contribution in [0.25, 0.3) is 0 Å². The number of nitrogens with zero attached hydrogens (tertiary/aromatic N) is 5. The first-order valence-electron chi connectivity index (χ1n) is 5.09. The van der Waals surface area contributed by atoms with E-state index in [-0.39, 0.29) is 12.3 Å². The number of aromatic nitrogens is 5. The maximum atomic E-state index is 11.7. The Morgan fingerprint density at radius 1 is 1.53 bits per heavy atom. The van der Waals surface area contributed by atoms with Crippen LogP contribution >= 0.6 is 0 Å². The monoisotopic (exact) mass is 232 g/mol. The normalized spacial score (nSPS) is 10.2. The molecular weight excluding hydrogens is 220 g/mol. The molecule has 0 aliphatic carbocycles. The fourth-order valence-corrected chi connectivity index (χ4v) is 1.33. The van der Waals surface area contributed by atoms with Crippen LogP contribution in [0, 0.1) is 6.92 Å². The molecule has 1 N–H and O–H groups in total. The SMILES string of the molecule is Cc1cccnc1NC(=O)Cc1nnnn1C. The van der Waals surface area contributed by atoms with Gasteiger partial charge < -0.3 is 5.32 Å². The van der Waals surface area contributed by atoms with Gasteiger partial charge >= 0.3 is 0 Å². The standard InChI is InChI=1S/C10H12N6O/c1-7-4-3-5-11-10(7)12-9(17)6-8-13-14-15-16(8)2/h3-5H,6H2,1-2H3,(H,11,12,17). The van der Waals surface area contributed by atoms with Gasteiger partial charge in [0.2, 0.25) is 5.91 Å². The molecule has 0 unspecified atom stereocenters. The van der Waals surface area contributed by atoms with Crippen molar-refractivity contribution in [3.05, 3.63) is 29.7 Å². The van der Waals surface area contributed by atoms with E-state index in [1.807, 2.05) is 19.1 Å². The summed E-state index contributed by atoms with van der Waals surface area (Å²) in [6.45, 7) is 1.88. The Balaban J connectivity index is 2.03. The topological polar surface area (TPSA) is 85.6 Å². The third kappa shape index (κ3) is 2.63. The predicted molar refractivity (Wildman–Crippen MR) is 60.1 cm³/mol. The lowest BCUT2D eigenvalue weighted by molar-refractivity contribution is -0.115. The number of rotatable bonds is 3. The van der Waals surface area contributed by atoms with Gasteiger partial charge in [0.05, 0.1) is 6.42 Å². The zero-order chi connectivity index (χ0) is 12.3. The van der Waals surface area contributed by atoms with E-state index in [0.717, 1.165) is 5.56 Å². The maximum absolute atomic E-state index is 11.7. The van der Waals surface area contributed by atoms with Crippen LogP contribution in [-0.2, 0) is 18.3 Å². The first-order valence-corrected chi connectivity index (χ1v) is 5.09. The van der Waals surface area contributed by atoms with Gasteiger partial charge in [0.15, 0.2) is 5.82 Å². The molecule has 2 heterocycles. The first-order chi connectivity index (χ1) is 8.16. The van der Waals surface area contributed by atoms with E-state index < -0.39 is 0 Å². The number of nitrogens with one attached hydrogen (secondary N) is 1. The predicted octanol–water partition coefficient (Wildman–Crippen LogP) is 0.0947. The third-order valence-electron chi connectivity index (χ3n) is 2.29. The van der Waals surface area contributed by atoms with Gasteiger partial charge in [-0.15, -0.1) is 5.10 Å². The molecule has 0 fully saturated rings. The van der Waals surface area contributed by atoms with E-state index in [9.17, 15) is 4.79 Å². The molecule has 0 aliphatic rings. The van der Waals surface area contributed by atoms with Crippen molar-refractivity contribution in [2.24, 2.45) is 7.05 Å². The highest BCUT2D eigenvalue weighted by atomic mass is 16.1. The number of pyridine rings is 1. The second kappa shape index (κ2) is 4.69. The number of carbonyl (C=O) groups is 1. The van der Waals surface area contributed by atoms with E-state index in [1.54, 1.807) is 13.2 Å². The number of hydrogen-bond acceptors (Lipinski definition) is 5. The zero-order valence-corrected chi connectivity index (χ0v) is 9.58. The second-order valence-corrected chi connectivity index (χ2v) is 3.61. The van der Waals surface area contributed by atoms with Crippen molar-refractivity contribution in [3.8, 4) is 0 Å². The van der Waals surface area contributed by atoms with Gasteiger partial charge in [-0.25, -0.2) is 9.67 Å². The Bertz CT molecular complexity index is 535. The van der Waals surface area contributed by atoms with Gasteiger partial charge in [0, 0.05) is 13.2 Å². The van der Waals surface area contributed by atoms with Crippen molar-refractivity contribution < 1.29 is 4.79 Å². The molecule has 0 spiro atoms. The minimum absolute atomic E-state index is 0.125. The fraction of sp³-hybridized carbons (Fsp3) is 0.300. The smallest absolute Gasteiger partial charge is 0.233 e.